The lowest BCUT2D eigenvalue weighted by atomic mass is 10.2. The summed E-state index contributed by atoms with van der Waals surface area (Å²) in [6, 6.07) is 7.59. The number of amides is 1. The summed E-state index contributed by atoms with van der Waals surface area (Å²) < 4.78 is 1.22. The summed E-state index contributed by atoms with van der Waals surface area (Å²) in [5, 5.41) is 8.36. The zero-order valence-electron chi connectivity index (χ0n) is 13.4. The van der Waals surface area contributed by atoms with E-state index in [-0.39, 0.29) is 18.0 Å². The van der Waals surface area contributed by atoms with E-state index in [1.807, 2.05) is 18.2 Å². The Labute approximate surface area is 135 Å². The quantitative estimate of drug-likeness (QED) is 0.894. The van der Waals surface area contributed by atoms with E-state index in [2.05, 4.69) is 22.2 Å². The number of rotatable bonds is 5. The van der Waals surface area contributed by atoms with Crippen molar-refractivity contribution in [2.75, 3.05) is 19.6 Å². The Hall–Kier alpha value is -2.21. The van der Waals surface area contributed by atoms with Crippen LogP contribution in [0.2, 0.25) is 0 Å². The van der Waals surface area contributed by atoms with Gasteiger partial charge in [-0.1, -0.05) is 18.2 Å². The number of nitrogens with zero attached hydrogens (tertiary/aromatic N) is 3. The molecule has 1 aromatic heterocycles. The van der Waals surface area contributed by atoms with Gasteiger partial charge >= 0.3 is 0 Å². The Balaban J connectivity index is 1.61. The molecule has 0 saturated carbocycles. The molecule has 2 heterocycles. The number of carbonyl (C=O) groups is 1. The van der Waals surface area contributed by atoms with Crippen LogP contribution in [0.1, 0.15) is 19.8 Å². The smallest absolute Gasteiger partial charge is 0.275 e. The minimum absolute atomic E-state index is 0.0453. The minimum Gasteiger partial charge on any atom is -0.353 e. The van der Waals surface area contributed by atoms with Crippen LogP contribution in [0.5, 0.6) is 0 Å². The number of hydrogen-bond acceptors (Lipinski definition) is 4. The van der Waals surface area contributed by atoms with E-state index in [0.717, 1.165) is 18.5 Å². The monoisotopic (exact) mass is 314 g/mol. The Morgan fingerprint density at radius 3 is 2.83 bits per heavy atom. The summed E-state index contributed by atoms with van der Waals surface area (Å²) in [5.41, 5.74) is -0.231. The van der Waals surface area contributed by atoms with E-state index in [0.29, 0.717) is 18.0 Å². The first kappa shape index (κ1) is 15.7. The summed E-state index contributed by atoms with van der Waals surface area (Å²) in [5.74, 6) is -0.180. The Morgan fingerprint density at radius 1 is 1.30 bits per heavy atom. The summed E-state index contributed by atoms with van der Waals surface area (Å²) in [6.45, 7) is 4.87. The first-order chi connectivity index (χ1) is 11.1. The molecule has 1 amide bonds. The van der Waals surface area contributed by atoms with E-state index in [4.69, 9.17) is 0 Å². The highest BCUT2D eigenvalue weighted by Gasteiger charge is 2.18. The topological polar surface area (TPSA) is 67.2 Å². The fraction of sp³-hybridized carbons (Fsp3) is 0.471. The van der Waals surface area contributed by atoms with Crippen LogP contribution < -0.4 is 10.9 Å². The summed E-state index contributed by atoms with van der Waals surface area (Å²) in [4.78, 5) is 26.8. The largest absolute Gasteiger partial charge is 0.353 e. The molecule has 23 heavy (non-hydrogen) atoms. The molecule has 1 N–H and O–H groups in total. The van der Waals surface area contributed by atoms with Gasteiger partial charge in [-0.3, -0.25) is 14.5 Å². The fourth-order valence-corrected chi connectivity index (χ4v) is 3.01. The molecular weight excluding hydrogens is 292 g/mol. The molecule has 0 bridgehead atoms. The third kappa shape index (κ3) is 3.59. The molecule has 1 aromatic carbocycles. The molecule has 122 valence electrons. The Bertz CT molecular complexity index is 750. The number of aromatic nitrogens is 2. The van der Waals surface area contributed by atoms with Gasteiger partial charge in [0.05, 0.1) is 11.6 Å². The zero-order valence-corrected chi connectivity index (χ0v) is 13.4. The average molecular weight is 314 g/mol. The van der Waals surface area contributed by atoms with Crippen LogP contribution in [0.4, 0.5) is 0 Å². The second-order valence-corrected chi connectivity index (χ2v) is 6.09. The van der Waals surface area contributed by atoms with Crippen molar-refractivity contribution < 1.29 is 4.79 Å². The predicted octanol–water partition coefficient (Wildman–Crippen LogP) is 0.997. The molecule has 0 aliphatic carbocycles. The molecule has 2 aromatic rings. The van der Waals surface area contributed by atoms with Crippen molar-refractivity contribution in [3.8, 4) is 0 Å². The normalized spacial score (nSPS) is 16.6. The molecule has 6 heteroatoms. The van der Waals surface area contributed by atoms with Crippen molar-refractivity contribution in [1.29, 1.82) is 0 Å². The standard InChI is InChI=1S/C17H22N4O2/c1-13(20-8-4-5-9-20)10-18-16(22)12-21-17(23)15-7-3-2-6-14(15)11-19-21/h2-3,6-7,11,13H,4-5,8-10,12H2,1H3,(H,18,22). The zero-order chi connectivity index (χ0) is 16.2. The molecule has 6 nitrogen and oxygen atoms in total. The van der Waals surface area contributed by atoms with Gasteiger partial charge in [0.2, 0.25) is 5.91 Å². The maximum atomic E-state index is 12.3. The second-order valence-electron chi connectivity index (χ2n) is 6.09. The van der Waals surface area contributed by atoms with Crippen LogP contribution in [0.15, 0.2) is 35.3 Å². The third-order valence-corrected chi connectivity index (χ3v) is 4.41. The van der Waals surface area contributed by atoms with Gasteiger partial charge < -0.3 is 5.32 Å². The van der Waals surface area contributed by atoms with Crippen LogP contribution in [0.25, 0.3) is 10.8 Å². The van der Waals surface area contributed by atoms with Crippen LogP contribution in [-0.2, 0) is 11.3 Å². The molecule has 0 radical (unpaired) electrons. The number of hydrogen-bond donors (Lipinski definition) is 1. The van der Waals surface area contributed by atoms with E-state index < -0.39 is 0 Å². The highest BCUT2D eigenvalue weighted by Crippen LogP contribution is 2.10. The maximum absolute atomic E-state index is 12.3. The van der Waals surface area contributed by atoms with E-state index in [1.54, 1.807) is 12.3 Å². The lowest BCUT2D eigenvalue weighted by molar-refractivity contribution is -0.122. The first-order valence-corrected chi connectivity index (χ1v) is 8.11. The number of carbonyl (C=O) groups excluding carboxylic acids is 1. The molecule has 1 aliphatic rings. The van der Waals surface area contributed by atoms with Gasteiger partial charge in [0.15, 0.2) is 0 Å². The van der Waals surface area contributed by atoms with E-state index in [9.17, 15) is 9.59 Å². The van der Waals surface area contributed by atoms with Crippen molar-refractivity contribution in [2.45, 2.75) is 32.4 Å². The minimum atomic E-state index is -0.231. The lowest BCUT2D eigenvalue weighted by Gasteiger charge is -2.23. The van der Waals surface area contributed by atoms with Crippen LogP contribution in [0, 0.1) is 0 Å². The van der Waals surface area contributed by atoms with Crippen molar-refractivity contribution in [1.82, 2.24) is 20.0 Å². The molecule has 1 atom stereocenters. The van der Waals surface area contributed by atoms with Crippen molar-refractivity contribution in [3.05, 3.63) is 40.8 Å². The highest BCUT2D eigenvalue weighted by atomic mass is 16.2. The van der Waals surface area contributed by atoms with Gasteiger partial charge in [-0.05, 0) is 38.9 Å². The summed E-state index contributed by atoms with van der Waals surface area (Å²) in [6.07, 6.45) is 4.08. The highest BCUT2D eigenvalue weighted by molar-refractivity contribution is 5.81. The van der Waals surface area contributed by atoms with Gasteiger partial charge in [0.1, 0.15) is 6.54 Å². The average Bonchev–Trinajstić information content (AvgIpc) is 3.10. The van der Waals surface area contributed by atoms with Gasteiger partial charge in [0, 0.05) is 18.0 Å². The van der Waals surface area contributed by atoms with E-state index >= 15 is 0 Å². The Kier molecular flexibility index (Phi) is 4.71. The molecule has 1 unspecified atom stereocenters. The second kappa shape index (κ2) is 6.91. The van der Waals surface area contributed by atoms with E-state index in [1.165, 1.54) is 17.5 Å². The molecule has 0 spiro atoms. The molecule has 3 rings (SSSR count). The lowest BCUT2D eigenvalue weighted by Crippen LogP contribution is -2.42. The SMILES string of the molecule is CC(CNC(=O)Cn1ncc2ccccc2c1=O)N1CCCC1. The number of fused-ring (bicyclic) bond motifs is 1. The van der Waals surface area contributed by atoms with Gasteiger partial charge in [-0.2, -0.15) is 5.10 Å². The van der Waals surface area contributed by atoms with Crippen molar-refractivity contribution >= 4 is 16.7 Å². The maximum Gasteiger partial charge on any atom is 0.275 e. The molecular formula is C17H22N4O2. The van der Waals surface area contributed by atoms with Gasteiger partial charge in [-0.25, -0.2) is 4.68 Å². The first-order valence-electron chi connectivity index (χ1n) is 8.11. The Morgan fingerprint density at radius 2 is 2.04 bits per heavy atom. The number of likely N-dealkylation sites (tertiary alicyclic amines) is 1. The number of nitrogens with one attached hydrogen (secondary N) is 1. The van der Waals surface area contributed by atoms with Crippen molar-refractivity contribution in [3.63, 3.8) is 0 Å². The van der Waals surface area contributed by atoms with Gasteiger partial charge in [0.25, 0.3) is 5.56 Å². The fourth-order valence-electron chi connectivity index (χ4n) is 3.01. The van der Waals surface area contributed by atoms with Crippen LogP contribution >= 0.6 is 0 Å². The molecule has 1 saturated heterocycles. The van der Waals surface area contributed by atoms with Gasteiger partial charge in [-0.15, -0.1) is 0 Å². The van der Waals surface area contributed by atoms with Crippen LogP contribution in [0.3, 0.4) is 0 Å². The third-order valence-electron chi connectivity index (χ3n) is 4.41. The molecule has 1 fully saturated rings. The van der Waals surface area contributed by atoms with Crippen LogP contribution in [-0.4, -0.2) is 46.3 Å². The summed E-state index contributed by atoms with van der Waals surface area (Å²) in [7, 11) is 0. The summed E-state index contributed by atoms with van der Waals surface area (Å²) >= 11 is 0. The molecule has 1 aliphatic heterocycles. The number of benzene rings is 1. The van der Waals surface area contributed by atoms with Crippen molar-refractivity contribution in [2.24, 2.45) is 0 Å². The predicted molar refractivity (Wildman–Crippen MR) is 89.3 cm³/mol.